The number of fused-ring (bicyclic) bond motifs is 2. The highest BCUT2D eigenvalue weighted by atomic mass is 35.5. The monoisotopic (exact) mass is 575 g/mol. The van der Waals surface area contributed by atoms with Crippen molar-refractivity contribution in [1.29, 1.82) is 0 Å². The molecule has 4 aliphatic carbocycles. The minimum atomic E-state index is -2.05. The first-order chi connectivity index (χ1) is 18.4. The third-order valence-corrected chi connectivity index (χ3v) is 12.0. The van der Waals surface area contributed by atoms with Crippen molar-refractivity contribution in [2.24, 2.45) is 46.8 Å². The summed E-state index contributed by atoms with van der Waals surface area (Å²) in [4.78, 5) is 39.8. The molecule has 1 spiro atoms. The van der Waals surface area contributed by atoms with Crippen molar-refractivity contribution in [1.82, 2.24) is 5.32 Å². The number of ketones is 1. The molecule has 3 saturated carbocycles. The maximum atomic E-state index is 14.4. The molecule has 0 radical (unpaired) electrons. The number of ether oxygens (including phenoxy) is 1. The summed E-state index contributed by atoms with van der Waals surface area (Å²) in [6.07, 6.45) is -0.998. The Morgan fingerprint density at radius 3 is 2.49 bits per heavy atom. The average molecular weight is 577 g/mol. The Morgan fingerprint density at radius 1 is 1.13 bits per heavy atom. The molecule has 0 aromatic heterocycles. The normalized spacial score (nSPS) is 46.2. The second kappa shape index (κ2) is 9.04. The van der Waals surface area contributed by atoms with Crippen LogP contribution in [0.1, 0.15) is 51.7 Å². The second-order valence-electron chi connectivity index (χ2n) is 12.6. The molecule has 39 heavy (non-hydrogen) atoms. The molecule has 9 heteroatoms. The summed E-state index contributed by atoms with van der Waals surface area (Å²) in [6.45, 7) is 6.46. The second-order valence-corrected chi connectivity index (χ2v) is 13.5. The van der Waals surface area contributed by atoms with E-state index in [0.29, 0.717) is 30.0 Å². The fourth-order valence-corrected chi connectivity index (χ4v) is 10.2. The Kier molecular flexibility index (Phi) is 6.31. The number of benzene rings is 1. The lowest BCUT2D eigenvalue weighted by molar-refractivity contribution is -0.244. The van der Waals surface area contributed by atoms with E-state index in [2.05, 4.69) is 18.3 Å². The number of hydrogen-bond donors (Lipinski definition) is 3. The van der Waals surface area contributed by atoms with Gasteiger partial charge in [-0.3, -0.25) is 14.4 Å². The lowest BCUT2D eigenvalue weighted by Gasteiger charge is -2.64. The topological polar surface area (TPSA) is 113 Å². The van der Waals surface area contributed by atoms with Crippen LogP contribution in [0.4, 0.5) is 0 Å². The molecule has 4 fully saturated rings. The molecule has 6 rings (SSSR count). The van der Waals surface area contributed by atoms with Gasteiger partial charge in [0.2, 0.25) is 5.91 Å². The van der Waals surface area contributed by atoms with Gasteiger partial charge in [-0.05, 0) is 66.9 Å². The minimum absolute atomic E-state index is 0.0163. The van der Waals surface area contributed by atoms with E-state index in [0.717, 1.165) is 11.1 Å². The standard InChI is InChI=1S/C30H35Cl2NO6/c1-12-9-20-23(31)19-10-13(2)30(38,14(3)34)26(36)21(19)27(39-15(4)35)29(20)22-18(12)11-16-7-5-6-8-17(16)24(32)25(22)33-28(29)37/h5-8,12-13,18-23,26-27,36,38H,9-11H2,1-4H3,(H,33,37)/t12-,13+,18-,19-,20-,21+,22+,23+,26-,27-,29+,30-/m1/s1. The van der Waals surface area contributed by atoms with Crippen LogP contribution in [0, 0.1) is 46.8 Å². The number of esters is 1. The van der Waals surface area contributed by atoms with Gasteiger partial charge in [0.05, 0.1) is 16.6 Å². The number of carbonyl (C=O) groups is 3. The Bertz CT molecular complexity index is 1300. The first-order valence-corrected chi connectivity index (χ1v) is 14.7. The van der Waals surface area contributed by atoms with Crippen LogP contribution < -0.4 is 5.32 Å². The Balaban J connectivity index is 1.60. The molecule has 7 nitrogen and oxygen atoms in total. The highest BCUT2D eigenvalue weighted by Crippen LogP contribution is 2.69. The van der Waals surface area contributed by atoms with E-state index < -0.39 is 58.1 Å². The highest BCUT2D eigenvalue weighted by molar-refractivity contribution is 6.49. The van der Waals surface area contributed by atoms with Crippen LogP contribution in [0.5, 0.6) is 0 Å². The zero-order chi connectivity index (χ0) is 28.2. The summed E-state index contributed by atoms with van der Waals surface area (Å²) < 4.78 is 6.08. The molecular weight excluding hydrogens is 541 g/mol. The zero-order valence-corrected chi connectivity index (χ0v) is 24.0. The number of allylic oxidation sites excluding steroid dienone is 1. The van der Waals surface area contributed by atoms with E-state index in [-0.39, 0.29) is 29.6 Å². The third-order valence-electron chi connectivity index (χ3n) is 11.0. The summed E-state index contributed by atoms with van der Waals surface area (Å²) >= 11 is 14.4. The van der Waals surface area contributed by atoms with Crippen molar-refractivity contribution in [3.8, 4) is 0 Å². The number of aliphatic hydroxyl groups is 2. The SMILES string of the molecule is CC(=O)O[C@@H]1[C@H]2[C@@H](C[C@H](C)[C@@](O)(C(C)=O)[C@@H]2O)[C@H](Cl)[C@H]2C[C@@H](C)[C@H]3Cc4ccccc4C(Cl)=C4NC(=O)[C@]21[C@H]43. The molecule has 1 saturated heterocycles. The number of hydrogen-bond acceptors (Lipinski definition) is 6. The van der Waals surface area contributed by atoms with E-state index in [1.807, 2.05) is 18.2 Å². The number of nitrogens with one attached hydrogen (secondary N) is 1. The lowest BCUT2D eigenvalue weighted by Crippen LogP contribution is -2.74. The summed E-state index contributed by atoms with van der Waals surface area (Å²) in [7, 11) is 0. The van der Waals surface area contributed by atoms with Gasteiger partial charge in [0.1, 0.15) is 6.10 Å². The van der Waals surface area contributed by atoms with Crippen molar-refractivity contribution in [3.05, 3.63) is 41.1 Å². The Labute approximate surface area is 238 Å². The maximum absolute atomic E-state index is 14.4. The van der Waals surface area contributed by atoms with Crippen LogP contribution in [0.15, 0.2) is 30.0 Å². The number of rotatable bonds is 2. The van der Waals surface area contributed by atoms with Gasteiger partial charge in [-0.1, -0.05) is 49.7 Å². The largest absolute Gasteiger partial charge is 0.461 e. The van der Waals surface area contributed by atoms with Gasteiger partial charge in [-0.25, -0.2) is 0 Å². The van der Waals surface area contributed by atoms with Gasteiger partial charge in [0.15, 0.2) is 11.4 Å². The molecule has 1 aromatic rings. The van der Waals surface area contributed by atoms with Crippen LogP contribution in [0.2, 0.25) is 0 Å². The summed E-state index contributed by atoms with van der Waals surface area (Å²) in [5.74, 6) is -3.99. The number of amides is 1. The van der Waals surface area contributed by atoms with Gasteiger partial charge in [0.25, 0.3) is 0 Å². The van der Waals surface area contributed by atoms with E-state index in [1.165, 1.54) is 13.8 Å². The van der Waals surface area contributed by atoms with Crippen molar-refractivity contribution in [2.75, 3.05) is 0 Å². The molecule has 1 aromatic carbocycles. The number of alkyl halides is 1. The molecule has 0 bridgehead atoms. The number of Topliss-reactive ketones (excluding diaryl/α,β-unsaturated/α-hetero) is 1. The van der Waals surface area contributed by atoms with Crippen molar-refractivity contribution >= 4 is 45.9 Å². The van der Waals surface area contributed by atoms with E-state index in [4.69, 9.17) is 27.9 Å². The fraction of sp³-hybridized carbons (Fsp3) is 0.633. The van der Waals surface area contributed by atoms with Crippen LogP contribution in [-0.4, -0.2) is 51.1 Å². The number of carbonyl (C=O) groups excluding carboxylic acids is 3. The van der Waals surface area contributed by atoms with Gasteiger partial charge in [-0.15, -0.1) is 11.6 Å². The van der Waals surface area contributed by atoms with Gasteiger partial charge in [0, 0.05) is 29.8 Å². The molecule has 0 unspecified atom stereocenters. The quantitative estimate of drug-likeness (QED) is 0.366. The molecule has 1 aliphatic heterocycles. The molecular formula is C30H35Cl2NO6. The van der Waals surface area contributed by atoms with Gasteiger partial charge in [-0.2, -0.15) is 0 Å². The summed E-state index contributed by atoms with van der Waals surface area (Å²) in [5.41, 5.74) is -0.809. The lowest BCUT2D eigenvalue weighted by atomic mass is 9.42. The molecule has 1 heterocycles. The smallest absolute Gasteiger partial charge is 0.302 e. The fourth-order valence-electron chi connectivity index (χ4n) is 9.31. The van der Waals surface area contributed by atoms with E-state index in [9.17, 15) is 24.6 Å². The average Bonchev–Trinajstić information content (AvgIpc) is 3.12. The van der Waals surface area contributed by atoms with Crippen LogP contribution in [-0.2, 0) is 25.5 Å². The maximum Gasteiger partial charge on any atom is 0.302 e. The van der Waals surface area contributed by atoms with Crippen LogP contribution in [0.25, 0.3) is 5.03 Å². The van der Waals surface area contributed by atoms with Crippen molar-refractivity contribution in [2.45, 2.75) is 70.1 Å². The van der Waals surface area contributed by atoms with Gasteiger partial charge < -0.3 is 20.3 Å². The molecule has 210 valence electrons. The summed E-state index contributed by atoms with van der Waals surface area (Å²) in [5, 5.41) is 26.3. The zero-order valence-electron chi connectivity index (χ0n) is 22.5. The first-order valence-electron chi connectivity index (χ1n) is 13.9. The van der Waals surface area contributed by atoms with E-state index >= 15 is 0 Å². The minimum Gasteiger partial charge on any atom is -0.461 e. The molecule has 5 aliphatic rings. The first kappa shape index (κ1) is 27.3. The molecule has 3 N–H and O–H groups in total. The number of halogens is 2. The van der Waals surface area contributed by atoms with Crippen molar-refractivity contribution < 1.29 is 29.3 Å². The van der Waals surface area contributed by atoms with Crippen molar-refractivity contribution in [3.63, 3.8) is 0 Å². The predicted octanol–water partition coefficient (Wildman–Crippen LogP) is 3.66. The van der Waals surface area contributed by atoms with E-state index in [1.54, 1.807) is 6.92 Å². The molecule has 1 amide bonds. The number of aliphatic hydroxyl groups excluding tert-OH is 1. The third kappa shape index (κ3) is 3.39. The van der Waals surface area contributed by atoms with Gasteiger partial charge >= 0.3 is 5.97 Å². The molecule has 12 atom stereocenters. The van der Waals surface area contributed by atoms with Crippen LogP contribution in [0.3, 0.4) is 0 Å². The Morgan fingerprint density at radius 2 is 1.82 bits per heavy atom. The summed E-state index contributed by atoms with van der Waals surface area (Å²) in [6, 6.07) is 7.89. The van der Waals surface area contributed by atoms with Crippen LogP contribution >= 0.6 is 23.2 Å². The Hall–Kier alpha value is -1.93. The highest BCUT2D eigenvalue weighted by Gasteiger charge is 2.76. The predicted molar refractivity (Wildman–Crippen MR) is 145 cm³/mol.